The quantitative estimate of drug-likeness (QED) is 0.674. The van der Waals surface area contributed by atoms with Crippen LogP contribution in [0.4, 0.5) is 11.4 Å². The molecule has 6 nitrogen and oxygen atoms in total. The maximum absolute atomic E-state index is 12.8. The van der Waals surface area contributed by atoms with Crippen LogP contribution in [0.15, 0.2) is 59.7 Å². The summed E-state index contributed by atoms with van der Waals surface area (Å²) in [4.78, 5) is 26.9. The van der Waals surface area contributed by atoms with Gasteiger partial charge in [0.05, 0.1) is 18.0 Å². The molecule has 0 radical (unpaired) electrons. The summed E-state index contributed by atoms with van der Waals surface area (Å²) in [6, 6.07) is 16.5. The van der Waals surface area contributed by atoms with E-state index in [0.29, 0.717) is 5.02 Å². The fourth-order valence-corrected chi connectivity index (χ4v) is 5.85. The van der Waals surface area contributed by atoms with E-state index in [0.717, 1.165) is 11.4 Å². The van der Waals surface area contributed by atoms with E-state index in [2.05, 4.69) is 5.10 Å². The van der Waals surface area contributed by atoms with Crippen molar-refractivity contribution in [3.05, 3.63) is 59.6 Å². The van der Waals surface area contributed by atoms with Gasteiger partial charge in [0, 0.05) is 10.7 Å². The Morgan fingerprint density at radius 3 is 2.57 bits per heavy atom. The molecule has 2 aromatic carbocycles. The molecule has 4 rings (SSSR count). The van der Waals surface area contributed by atoms with E-state index in [1.165, 1.54) is 23.5 Å². The molecule has 0 aliphatic carbocycles. The molecule has 0 N–H and O–H groups in total. The van der Waals surface area contributed by atoms with Crippen LogP contribution in [-0.4, -0.2) is 33.6 Å². The van der Waals surface area contributed by atoms with Gasteiger partial charge in [-0.2, -0.15) is 5.10 Å². The molecule has 1 unspecified atom stereocenters. The van der Waals surface area contributed by atoms with E-state index in [-0.39, 0.29) is 23.3 Å². The molecule has 2 aliphatic rings. The number of hydrogen-bond donors (Lipinski definition) is 0. The smallest absolute Gasteiger partial charge is 0.365 e. The highest BCUT2D eigenvalue weighted by molar-refractivity contribution is 8.28. The number of amides is 1. The predicted molar refractivity (Wildman–Crippen MR) is 115 cm³/mol. The minimum absolute atomic E-state index is 0.0528. The van der Waals surface area contributed by atoms with Crippen LogP contribution < -0.4 is 9.91 Å². The number of ether oxygens (including phenoxy) is 1. The standard InChI is InChI=1S/C19H16ClN3O3S2/c1-2-26-18(25)17-21-23(15-10-8-13(20)9-11-15)19(28-17)22(16(24)12-27-19)14-6-4-3-5-7-14/h3-11H,2,12H2,1H3. The Morgan fingerprint density at radius 1 is 1.18 bits per heavy atom. The van der Waals surface area contributed by atoms with Gasteiger partial charge in [0.15, 0.2) is 0 Å². The molecular weight excluding hydrogens is 418 g/mol. The highest BCUT2D eigenvalue weighted by Gasteiger charge is 2.58. The number of carbonyl (C=O) groups is 2. The lowest BCUT2D eigenvalue weighted by Gasteiger charge is -2.39. The second-order valence-corrected chi connectivity index (χ2v) is 8.92. The first kappa shape index (κ1) is 19.2. The van der Waals surface area contributed by atoms with E-state index in [1.807, 2.05) is 42.5 Å². The molecule has 2 aliphatic heterocycles. The van der Waals surface area contributed by atoms with Crippen molar-refractivity contribution in [2.75, 3.05) is 22.3 Å². The van der Waals surface area contributed by atoms with E-state index >= 15 is 0 Å². The molecule has 0 saturated carbocycles. The third-order valence-corrected chi connectivity index (χ3v) is 7.18. The van der Waals surface area contributed by atoms with Gasteiger partial charge in [-0.15, -0.1) is 0 Å². The van der Waals surface area contributed by atoms with Gasteiger partial charge < -0.3 is 4.74 Å². The molecule has 2 heterocycles. The Labute approximate surface area is 175 Å². The normalized spacial score (nSPS) is 21.4. The number of para-hydroxylation sites is 1. The van der Waals surface area contributed by atoms with Crippen LogP contribution >= 0.6 is 35.1 Å². The van der Waals surface area contributed by atoms with Gasteiger partial charge in [-0.1, -0.05) is 41.6 Å². The predicted octanol–water partition coefficient (Wildman–Crippen LogP) is 4.16. The third-order valence-electron chi connectivity index (χ3n) is 4.14. The second-order valence-electron chi connectivity index (χ2n) is 5.92. The Balaban J connectivity index is 1.82. The van der Waals surface area contributed by atoms with Gasteiger partial charge in [0.1, 0.15) is 0 Å². The van der Waals surface area contributed by atoms with Gasteiger partial charge in [-0.05, 0) is 55.1 Å². The second kappa shape index (κ2) is 7.69. The highest BCUT2D eigenvalue weighted by Crippen LogP contribution is 2.55. The van der Waals surface area contributed by atoms with Crippen LogP contribution in [0.1, 0.15) is 6.92 Å². The summed E-state index contributed by atoms with van der Waals surface area (Å²) in [5.41, 5.74) is 1.46. The Kier molecular flexibility index (Phi) is 5.27. The topological polar surface area (TPSA) is 62.2 Å². The first-order valence-corrected chi connectivity index (χ1v) is 10.8. The van der Waals surface area contributed by atoms with Crippen LogP contribution in [0.25, 0.3) is 0 Å². The number of esters is 1. The molecule has 1 atom stereocenters. The van der Waals surface area contributed by atoms with Crippen LogP contribution in [0.5, 0.6) is 0 Å². The number of benzene rings is 2. The number of hydrogen-bond acceptors (Lipinski definition) is 7. The average Bonchev–Trinajstić information content (AvgIpc) is 3.24. The maximum Gasteiger partial charge on any atom is 0.365 e. The number of carbonyl (C=O) groups excluding carboxylic acids is 2. The van der Waals surface area contributed by atoms with E-state index in [4.69, 9.17) is 16.3 Å². The lowest BCUT2D eigenvalue weighted by molar-refractivity contribution is -0.134. The monoisotopic (exact) mass is 433 g/mol. The molecule has 144 valence electrons. The molecule has 2 aromatic rings. The van der Waals surface area contributed by atoms with Gasteiger partial charge in [-0.25, -0.2) is 9.80 Å². The van der Waals surface area contributed by atoms with Crippen molar-refractivity contribution in [2.45, 2.75) is 11.3 Å². The van der Waals surface area contributed by atoms with Crippen molar-refractivity contribution in [2.24, 2.45) is 5.10 Å². The van der Waals surface area contributed by atoms with Gasteiger partial charge in [-0.3, -0.25) is 9.69 Å². The van der Waals surface area contributed by atoms with Gasteiger partial charge in [0.2, 0.25) is 15.3 Å². The van der Waals surface area contributed by atoms with Crippen molar-refractivity contribution >= 4 is 63.4 Å². The number of nitrogens with zero attached hydrogens (tertiary/aromatic N) is 3. The summed E-state index contributed by atoms with van der Waals surface area (Å²) in [7, 11) is 0. The SMILES string of the molecule is CCOC(=O)C1=NN(c2ccc(Cl)cc2)C2(SCC(=O)N2c2ccccc2)S1. The van der Waals surface area contributed by atoms with Crippen LogP contribution in [-0.2, 0) is 14.3 Å². The third kappa shape index (κ3) is 3.25. The van der Waals surface area contributed by atoms with Crippen LogP contribution in [0.2, 0.25) is 5.02 Å². The molecular formula is C19H16ClN3O3S2. The molecule has 0 aromatic heterocycles. The zero-order chi connectivity index (χ0) is 19.7. The number of hydrazone groups is 1. The van der Waals surface area contributed by atoms with Crippen molar-refractivity contribution in [1.29, 1.82) is 0 Å². The van der Waals surface area contributed by atoms with E-state index in [1.54, 1.807) is 29.0 Å². The molecule has 1 spiro atoms. The van der Waals surface area contributed by atoms with E-state index < -0.39 is 10.3 Å². The minimum atomic E-state index is -0.950. The summed E-state index contributed by atoms with van der Waals surface area (Å²) in [6.07, 6.45) is 0. The van der Waals surface area contributed by atoms with Crippen LogP contribution in [0, 0.1) is 0 Å². The Morgan fingerprint density at radius 2 is 1.89 bits per heavy atom. The fourth-order valence-electron chi connectivity index (χ4n) is 2.98. The first-order valence-electron chi connectivity index (χ1n) is 8.58. The molecule has 1 fully saturated rings. The molecule has 1 saturated heterocycles. The maximum atomic E-state index is 12.8. The summed E-state index contributed by atoms with van der Waals surface area (Å²) < 4.78 is 4.20. The Bertz CT molecular complexity index is 939. The summed E-state index contributed by atoms with van der Waals surface area (Å²) in [5, 5.41) is 7.03. The molecule has 9 heteroatoms. The largest absolute Gasteiger partial charge is 0.461 e. The van der Waals surface area contributed by atoms with Crippen molar-refractivity contribution in [1.82, 2.24) is 0 Å². The van der Waals surface area contributed by atoms with Crippen LogP contribution in [0.3, 0.4) is 0 Å². The van der Waals surface area contributed by atoms with Crippen molar-refractivity contribution < 1.29 is 14.3 Å². The summed E-state index contributed by atoms with van der Waals surface area (Å²) >= 11 is 8.67. The number of rotatable bonds is 4. The summed E-state index contributed by atoms with van der Waals surface area (Å²) in [5.74, 6) is -0.281. The van der Waals surface area contributed by atoms with Crippen molar-refractivity contribution in [3.8, 4) is 0 Å². The highest BCUT2D eigenvalue weighted by atomic mass is 35.5. The number of anilines is 2. The van der Waals surface area contributed by atoms with E-state index in [9.17, 15) is 9.59 Å². The zero-order valence-corrected chi connectivity index (χ0v) is 17.3. The molecule has 1 amide bonds. The lowest BCUT2D eigenvalue weighted by atomic mass is 10.3. The van der Waals surface area contributed by atoms with Gasteiger partial charge >= 0.3 is 5.97 Å². The minimum Gasteiger partial charge on any atom is -0.461 e. The molecule has 28 heavy (non-hydrogen) atoms. The number of thioether (sulfide) groups is 2. The van der Waals surface area contributed by atoms with Crippen molar-refractivity contribution in [3.63, 3.8) is 0 Å². The first-order chi connectivity index (χ1) is 13.5. The number of halogens is 1. The Hall–Kier alpha value is -2.16. The van der Waals surface area contributed by atoms with Gasteiger partial charge in [0.25, 0.3) is 0 Å². The fraction of sp³-hybridized carbons (Fsp3) is 0.211. The molecule has 0 bridgehead atoms. The lowest BCUT2D eigenvalue weighted by Crippen LogP contribution is -2.51. The summed E-state index contributed by atoms with van der Waals surface area (Å²) in [6.45, 7) is 2.00. The zero-order valence-electron chi connectivity index (χ0n) is 14.9. The average molecular weight is 434 g/mol.